The summed E-state index contributed by atoms with van der Waals surface area (Å²) in [6.45, 7) is 7.59. The Morgan fingerprint density at radius 3 is 2.72 bits per heavy atom. The molecule has 2 N–H and O–H groups in total. The molecule has 2 aromatic rings. The standard InChI is InChI=1S/C12H17N5O/c1-5-12(4,13)11-14-10(18-17-11)9-6-7(2)15-16-8(9)3/h6H,5,13H2,1-4H3. The monoisotopic (exact) mass is 247 g/mol. The Labute approximate surface area is 106 Å². The first-order valence-electron chi connectivity index (χ1n) is 5.88. The number of aryl methyl sites for hydroxylation is 2. The van der Waals surface area contributed by atoms with Crippen molar-refractivity contribution in [2.24, 2.45) is 5.73 Å². The van der Waals surface area contributed by atoms with E-state index in [0.29, 0.717) is 11.7 Å². The number of hydrogen-bond donors (Lipinski definition) is 1. The van der Waals surface area contributed by atoms with Gasteiger partial charge in [0, 0.05) is 0 Å². The SMILES string of the molecule is CCC(C)(N)c1noc(-c2cc(C)nnc2C)n1. The van der Waals surface area contributed by atoms with Crippen molar-refractivity contribution in [2.45, 2.75) is 39.7 Å². The summed E-state index contributed by atoms with van der Waals surface area (Å²) in [6.07, 6.45) is 0.735. The highest BCUT2D eigenvalue weighted by Gasteiger charge is 2.26. The van der Waals surface area contributed by atoms with E-state index in [4.69, 9.17) is 10.3 Å². The van der Waals surface area contributed by atoms with E-state index in [1.165, 1.54) is 0 Å². The van der Waals surface area contributed by atoms with E-state index in [0.717, 1.165) is 23.4 Å². The molecule has 0 saturated carbocycles. The average molecular weight is 247 g/mol. The molecule has 0 aliphatic heterocycles. The van der Waals surface area contributed by atoms with Gasteiger partial charge in [-0.15, -0.1) is 0 Å². The Morgan fingerprint density at radius 2 is 2.06 bits per heavy atom. The minimum absolute atomic E-state index is 0.436. The van der Waals surface area contributed by atoms with Crippen LogP contribution in [0.1, 0.15) is 37.5 Å². The van der Waals surface area contributed by atoms with Crippen LogP contribution in [0, 0.1) is 13.8 Å². The number of nitrogens with zero attached hydrogens (tertiary/aromatic N) is 4. The Kier molecular flexibility index (Phi) is 3.13. The zero-order chi connectivity index (χ0) is 13.3. The number of nitrogens with two attached hydrogens (primary N) is 1. The lowest BCUT2D eigenvalue weighted by molar-refractivity contribution is 0.378. The minimum Gasteiger partial charge on any atom is -0.334 e. The van der Waals surface area contributed by atoms with Crippen LogP contribution in [0.2, 0.25) is 0 Å². The molecule has 0 spiro atoms. The van der Waals surface area contributed by atoms with Crippen LogP contribution in [0.5, 0.6) is 0 Å². The summed E-state index contributed by atoms with van der Waals surface area (Å²) in [5.41, 5.74) is 7.87. The highest BCUT2D eigenvalue weighted by atomic mass is 16.5. The maximum atomic E-state index is 6.08. The Balaban J connectivity index is 2.44. The van der Waals surface area contributed by atoms with Gasteiger partial charge in [0.2, 0.25) is 0 Å². The summed E-state index contributed by atoms with van der Waals surface area (Å²) in [5, 5.41) is 12.0. The molecule has 0 saturated heterocycles. The van der Waals surface area contributed by atoms with Crippen molar-refractivity contribution in [2.75, 3.05) is 0 Å². The van der Waals surface area contributed by atoms with Crippen LogP contribution in [0.15, 0.2) is 10.6 Å². The van der Waals surface area contributed by atoms with Crippen LogP contribution in [0.25, 0.3) is 11.5 Å². The zero-order valence-electron chi connectivity index (χ0n) is 11.1. The van der Waals surface area contributed by atoms with Crippen molar-refractivity contribution < 1.29 is 4.52 Å². The first-order chi connectivity index (χ1) is 8.44. The van der Waals surface area contributed by atoms with Gasteiger partial charge in [0.05, 0.1) is 22.5 Å². The fraction of sp³-hybridized carbons (Fsp3) is 0.500. The molecule has 0 fully saturated rings. The maximum absolute atomic E-state index is 6.08. The lowest BCUT2D eigenvalue weighted by Crippen LogP contribution is -2.33. The Hall–Kier alpha value is -1.82. The topological polar surface area (TPSA) is 90.7 Å². The van der Waals surface area contributed by atoms with Crippen molar-refractivity contribution in [3.8, 4) is 11.5 Å². The molecule has 0 aromatic carbocycles. The number of hydrogen-bond acceptors (Lipinski definition) is 6. The van der Waals surface area contributed by atoms with Gasteiger partial charge in [-0.1, -0.05) is 12.1 Å². The van der Waals surface area contributed by atoms with E-state index >= 15 is 0 Å². The van der Waals surface area contributed by atoms with E-state index in [9.17, 15) is 0 Å². The third-order valence-electron chi connectivity index (χ3n) is 3.00. The van der Waals surface area contributed by atoms with Crippen LogP contribution in [-0.2, 0) is 5.54 Å². The highest BCUT2D eigenvalue weighted by Crippen LogP contribution is 2.24. The summed E-state index contributed by atoms with van der Waals surface area (Å²) in [7, 11) is 0. The van der Waals surface area contributed by atoms with Crippen molar-refractivity contribution in [1.82, 2.24) is 20.3 Å². The van der Waals surface area contributed by atoms with Gasteiger partial charge < -0.3 is 10.3 Å². The Bertz CT molecular complexity index is 561. The molecule has 2 rings (SSSR count). The smallest absolute Gasteiger partial charge is 0.259 e. The molecule has 6 heteroatoms. The fourth-order valence-corrected chi connectivity index (χ4v) is 1.49. The molecule has 2 heterocycles. The van der Waals surface area contributed by atoms with Crippen molar-refractivity contribution in [3.63, 3.8) is 0 Å². The molecular weight excluding hydrogens is 230 g/mol. The largest absolute Gasteiger partial charge is 0.334 e. The Morgan fingerprint density at radius 1 is 1.33 bits per heavy atom. The van der Waals surface area contributed by atoms with Crippen LogP contribution in [-0.4, -0.2) is 20.3 Å². The second-order valence-corrected chi connectivity index (χ2v) is 4.68. The molecular formula is C12H17N5O. The van der Waals surface area contributed by atoms with E-state index in [1.807, 2.05) is 33.8 Å². The summed E-state index contributed by atoms with van der Waals surface area (Å²) in [5.74, 6) is 0.944. The molecule has 96 valence electrons. The lowest BCUT2D eigenvalue weighted by atomic mass is 10.00. The third kappa shape index (κ3) is 2.24. The van der Waals surface area contributed by atoms with Gasteiger partial charge >= 0.3 is 0 Å². The second kappa shape index (κ2) is 4.45. The summed E-state index contributed by atoms with van der Waals surface area (Å²) < 4.78 is 5.27. The molecule has 0 bridgehead atoms. The van der Waals surface area contributed by atoms with Gasteiger partial charge in [-0.3, -0.25) is 0 Å². The lowest BCUT2D eigenvalue weighted by Gasteiger charge is -2.16. The fourth-order valence-electron chi connectivity index (χ4n) is 1.49. The molecule has 18 heavy (non-hydrogen) atoms. The van der Waals surface area contributed by atoms with Gasteiger partial charge in [-0.25, -0.2) is 0 Å². The van der Waals surface area contributed by atoms with Crippen molar-refractivity contribution >= 4 is 0 Å². The van der Waals surface area contributed by atoms with Gasteiger partial charge in [0.15, 0.2) is 5.82 Å². The average Bonchev–Trinajstić information content (AvgIpc) is 2.82. The van der Waals surface area contributed by atoms with Crippen molar-refractivity contribution in [1.29, 1.82) is 0 Å². The van der Waals surface area contributed by atoms with Crippen LogP contribution in [0.4, 0.5) is 0 Å². The van der Waals surface area contributed by atoms with E-state index in [2.05, 4.69) is 20.3 Å². The molecule has 0 radical (unpaired) electrons. The zero-order valence-corrected chi connectivity index (χ0v) is 11.1. The van der Waals surface area contributed by atoms with Crippen LogP contribution >= 0.6 is 0 Å². The normalized spacial score (nSPS) is 14.5. The molecule has 2 aromatic heterocycles. The molecule has 6 nitrogen and oxygen atoms in total. The highest BCUT2D eigenvalue weighted by molar-refractivity contribution is 5.55. The predicted molar refractivity (Wildman–Crippen MR) is 66.6 cm³/mol. The van der Waals surface area contributed by atoms with Gasteiger partial charge in [0.25, 0.3) is 5.89 Å². The molecule has 0 aliphatic rings. The first kappa shape index (κ1) is 12.6. The number of aromatic nitrogens is 4. The van der Waals surface area contributed by atoms with E-state index < -0.39 is 5.54 Å². The molecule has 0 amide bonds. The molecule has 1 unspecified atom stereocenters. The molecule has 0 aliphatic carbocycles. The quantitative estimate of drug-likeness (QED) is 0.888. The third-order valence-corrected chi connectivity index (χ3v) is 3.00. The maximum Gasteiger partial charge on any atom is 0.259 e. The van der Waals surface area contributed by atoms with Gasteiger partial charge in [-0.05, 0) is 33.3 Å². The van der Waals surface area contributed by atoms with Gasteiger partial charge in [0.1, 0.15) is 0 Å². The van der Waals surface area contributed by atoms with E-state index in [-0.39, 0.29) is 0 Å². The van der Waals surface area contributed by atoms with Crippen LogP contribution in [0.3, 0.4) is 0 Å². The predicted octanol–water partition coefficient (Wildman–Crippen LogP) is 1.73. The first-order valence-corrected chi connectivity index (χ1v) is 5.88. The van der Waals surface area contributed by atoms with E-state index in [1.54, 1.807) is 0 Å². The summed E-state index contributed by atoms with van der Waals surface area (Å²) in [4.78, 5) is 4.35. The minimum atomic E-state index is -0.578. The number of rotatable bonds is 3. The van der Waals surface area contributed by atoms with Crippen LogP contribution < -0.4 is 5.73 Å². The molecule has 1 atom stereocenters. The summed E-state index contributed by atoms with van der Waals surface area (Å²) in [6, 6.07) is 1.87. The van der Waals surface area contributed by atoms with Crippen molar-refractivity contribution in [3.05, 3.63) is 23.3 Å². The summed E-state index contributed by atoms with van der Waals surface area (Å²) >= 11 is 0. The second-order valence-electron chi connectivity index (χ2n) is 4.68. The van der Waals surface area contributed by atoms with Gasteiger partial charge in [-0.2, -0.15) is 15.2 Å².